The van der Waals surface area contributed by atoms with Crippen molar-refractivity contribution < 1.29 is 29.0 Å². The van der Waals surface area contributed by atoms with E-state index in [1.807, 2.05) is 0 Å². The van der Waals surface area contributed by atoms with Gasteiger partial charge in [-0.25, -0.2) is 0 Å². The number of hydrogen-bond acceptors (Lipinski definition) is 6. The van der Waals surface area contributed by atoms with Crippen molar-refractivity contribution in [1.29, 1.82) is 0 Å². The topological polar surface area (TPSA) is 113 Å². The van der Waals surface area contributed by atoms with E-state index in [-0.39, 0.29) is 18.9 Å². The Morgan fingerprint density at radius 1 is 1.19 bits per heavy atom. The highest BCUT2D eigenvalue weighted by Crippen LogP contribution is 2.33. The number of ketones is 1. The van der Waals surface area contributed by atoms with Crippen LogP contribution in [0.5, 0.6) is 5.75 Å². The first-order valence-electron chi connectivity index (χ1n) is 9.93. The number of aliphatic hydroxyl groups is 1. The van der Waals surface area contributed by atoms with Gasteiger partial charge in [-0.05, 0) is 29.8 Å². The van der Waals surface area contributed by atoms with E-state index < -0.39 is 29.6 Å². The Labute approximate surface area is 184 Å². The molecule has 1 saturated heterocycles. The number of methoxy groups -OCH3 is 1. The number of ether oxygens (including phenoxy) is 1. The van der Waals surface area contributed by atoms with Crippen molar-refractivity contribution in [2.75, 3.05) is 20.3 Å². The summed E-state index contributed by atoms with van der Waals surface area (Å²) in [5.74, 6) is 4.73. The second-order valence-electron chi connectivity index (χ2n) is 7.73. The molecule has 3 amide bonds. The van der Waals surface area contributed by atoms with Crippen LogP contribution in [0.4, 0.5) is 0 Å². The van der Waals surface area contributed by atoms with Gasteiger partial charge < -0.3 is 14.7 Å². The lowest BCUT2D eigenvalue weighted by molar-refractivity contribution is -0.127. The van der Waals surface area contributed by atoms with E-state index in [4.69, 9.17) is 9.84 Å². The maximum absolute atomic E-state index is 12.9. The Bertz CT molecular complexity index is 1190. The highest BCUT2D eigenvalue weighted by Gasteiger charge is 2.48. The highest BCUT2D eigenvalue weighted by molar-refractivity contribution is 6.08. The average molecular weight is 432 g/mol. The third-order valence-corrected chi connectivity index (χ3v) is 5.60. The number of rotatable bonds is 5. The first kappa shape index (κ1) is 21.3. The van der Waals surface area contributed by atoms with Crippen molar-refractivity contribution in [2.24, 2.45) is 5.41 Å². The maximum Gasteiger partial charge on any atom is 0.254 e. The lowest BCUT2D eigenvalue weighted by Gasteiger charge is -2.25. The fraction of sp³-hybridized carbons (Fsp3) is 0.250. The monoisotopic (exact) mass is 432 g/mol. The molecule has 8 nitrogen and oxygen atoms in total. The number of carbonyl (C=O) groups is 4. The van der Waals surface area contributed by atoms with Crippen LogP contribution in [0, 0.1) is 17.3 Å². The molecule has 8 heteroatoms. The molecular formula is C24H20N2O6. The van der Waals surface area contributed by atoms with E-state index in [1.165, 1.54) is 24.1 Å². The number of fused-ring (bicyclic) bond motifs is 1. The molecule has 2 aromatic carbocycles. The first-order valence-corrected chi connectivity index (χ1v) is 9.93. The largest absolute Gasteiger partial charge is 0.497 e. The zero-order valence-electron chi connectivity index (χ0n) is 17.3. The molecule has 4 rings (SSSR count). The van der Waals surface area contributed by atoms with Crippen LogP contribution in [-0.4, -0.2) is 53.8 Å². The highest BCUT2D eigenvalue weighted by atomic mass is 16.5. The molecule has 2 aliphatic heterocycles. The summed E-state index contributed by atoms with van der Waals surface area (Å²) in [4.78, 5) is 50.7. The third-order valence-electron chi connectivity index (χ3n) is 5.60. The van der Waals surface area contributed by atoms with Gasteiger partial charge in [-0.15, -0.1) is 0 Å². The van der Waals surface area contributed by atoms with Gasteiger partial charge in [-0.1, -0.05) is 30.0 Å². The molecule has 0 unspecified atom stereocenters. The molecule has 0 bridgehead atoms. The summed E-state index contributed by atoms with van der Waals surface area (Å²) in [6.45, 7) is -0.315. The van der Waals surface area contributed by atoms with Gasteiger partial charge in [0, 0.05) is 29.8 Å². The Kier molecular flexibility index (Phi) is 5.51. The predicted molar refractivity (Wildman–Crippen MR) is 113 cm³/mol. The Morgan fingerprint density at radius 2 is 1.94 bits per heavy atom. The van der Waals surface area contributed by atoms with Crippen LogP contribution in [0.2, 0.25) is 0 Å². The molecule has 32 heavy (non-hydrogen) atoms. The van der Waals surface area contributed by atoms with Crippen molar-refractivity contribution in [2.45, 2.75) is 13.0 Å². The number of aliphatic hydroxyl groups excluding tert-OH is 1. The van der Waals surface area contributed by atoms with Gasteiger partial charge in [-0.2, -0.15) is 0 Å². The number of nitrogens with one attached hydrogen (secondary N) is 1. The molecule has 2 N–H and O–H groups in total. The number of benzene rings is 2. The van der Waals surface area contributed by atoms with Crippen molar-refractivity contribution in [1.82, 2.24) is 10.2 Å². The van der Waals surface area contributed by atoms with Crippen LogP contribution >= 0.6 is 0 Å². The molecule has 0 aliphatic carbocycles. The lowest BCUT2D eigenvalue weighted by Crippen LogP contribution is -2.42. The molecule has 1 fully saturated rings. The van der Waals surface area contributed by atoms with E-state index in [1.54, 1.807) is 30.3 Å². The summed E-state index contributed by atoms with van der Waals surface area (Å²) in [6, 6.07) is 11.5. The van der Waals surface area contributed by atoms with Crippen LogP contribution < -0.4 is 10.1 Å². The predicted octanol–water partition coefficient (Wildman–Crippen LogP) is 0.911. The summed E-state index contributed by atoms with van der Waals surface area (Å²) >= 11 is 0. The third kappa shape index (κ3) is 3.86. The molecule has 0 aromatic heterocycles. The fourth-order valence-corrected chi connectivity index (χ4v) is 3.86. The molecule has 0 spiro atoms. The second-order valence-corrected chi connectivity index (χ2v) is 7.73. The summed E-state index contributed by atoms with van der Waals surface area (Å²) in [5.41, 5.74) is 0.816. The van der Waals surface area contributed by atoms with Crippen LogP contribution in [0.3, 0.4) is 0 Å². The summed E-state index contributed by atoms with van der Waals surface area (Å²) in [5, 5.41) is 11.2. The van der Waals surface area contributed by atoms with E-state index in [2.05, 4.69) is 17.2 Å². The number of imide groups is 1. The standard InChI is InChI=1S/C24H20N2O6/c1-32-18-7-6-17-12-26(22(30)19(17)10-18)14-24(11-21(29)25-23(24)31)9-8-15-2-4-16(5-3-15)20(28)13-27/h2-7,10,27H,11-14H2,1H3,(H,25,29,31)/t24-/m1/s1. The van der Waals surface area contributed by atoms with Gasteiger partial charge >= 0.3 is 0 Å². The number of carbonyl (C=O) groups excluding carboxylic acids is 4. The zero-order valence-corrected chi connectivity index (χ0v) is 17.3. The minimum atomic E-state index is -1.38. The summed E-state index contributed by atoms with van der Waals surface area (Å²) < 4.78 is 5.19. The van der Waals surface area contributed by atoms with E-state index in [0.29, 0.717) is 29.0 Å². The van der Waals surface area contributed by atoms with Gasteiger partial charge in [0.15, 0.2) is 5.78 Å². The Morgan fingerprint density at radius 3 is 2.56 bits per heavy atom. The number of Topliss-reactive ketones (excluding diaryl/α,β-unsaturated/α-hetero) is 1. The van der Waals surface area contributed by atoms with Crippen LogP contribution in [0.15, 0.2) is 42.5 Å². The molecular weight excluding hydrogens is 412 g/mol. The van der Waals surface area contributed by atoms with E-state index in [0.717, 1.165) is 5.56 Å². The smallest absolute Gasteiger partial charge is 0.254 e. The van der Waals surface area contributed by atoms with Crippen LogP contribution in [0.1, 0.15) is 38.3 Å². The fourth-order valence-electron chi connectivity index (χ4n) is 3.86. The molecule has 2 heterocycles. The molecule has 0 saturated carbocycles. The molecule has 162 valence electrons. The molecule has 2 aliphatic rings. The molecule has 2 aromatic rings. The van der Waals surface area contributed by atoms with Gasteiger partial charge in [0.2, 0.25) is 11.8 Å². The Balaban J connectivity index is 1.61. The van der Waals surface area contributed by atoms with Crippen molar-refractivity contribution in [3.63, 3.8) is 0 Å². The quantitative estimate of drug-likeness (QED) is 0.413. The van der Waals surface area contributed by atoms with Gasteiger partial charge in [0.1, 0.15) is 17.8 Å². The van der Waals surface area contributed by atoms with Crippen molar-refractivity contribution >= 4 is 23.5 Å². The summed E-state index contributed by atoms with van der Waals surface area (Å²) in [7, 11) is 1.52. The molecule has 1 atom stereocenters. The summed E-state index contributed by atoms with van der Waals surface area (Å²) in [6.07, 6.45) is -0.149. The normalized spacial score (nSPS) is 19.3. The number of amides is 3. The SMILES string of the molecule is COc1ccc2c(c1)C(=O)N(C[C@@]1(C#Cc3ccc(C(=O)CO)cc3)CC(=O)NC1=O)C2. The lowest BCUT2D eigenvalue weighted by atomic mass is 9.85. The second kappa shape index (κ2) is 8.29. The minimum absolute atomic E-state index is 0.0332. The number of hydrogen-bond donors (Lipinski definition) is 2. The van der Waals surface area contributed by atoms with Crippen LogP contribution in [-0.2, 0) is 16.1 Å². The average Bonchev–Trinajstić information content (AvgIpc) is 3.26. The number of nitrogens with zero attached hydrogens (tertiary/aromatic N) is 1. The zero-order chi connectivity index (χ0) is 22.9. The first-order chi connectivity index (χ1) is 15.3. The Hall–Kier alpha value is -3.96. The van der Waals surface area contributed by atoms with E-state index >= 15 is 0 Å². The molecule has 0 radical (unpaired) electrons. The van der Waals surface area contributed by atoms with E-state index in [9.17, 15) is 19.2 Å². The minimum Gasteiger partial charge on any atom is -0.497 e. The van der Waals surface area contributed by atoms with Crippen molar-refractivity contribution in [3.8, 4) is 17.6 Å². The van der Waals surface area contributed by atoms with Crippen molar-refractivity contribution in [3.05, 3.63) is 64.7 Å². The maximum atomic E-state index is 12.9. The van der Waals surface area contributed by atoms with Gasteiger partial charge in [0.25, 0.3) is 5.91 Å². The van der Waals surface area contributed by atoms with Gasteiger partial charge in [-0.3, -0.25) is 24.5 Å². The van der Waals surface area contributed by atoms with Crippen LogP contribution in [0.25, 0.3) is 0 Å². The van der Waals surface area contributed by atoms with Gasteiger partial charge in [0.05, 0.1) is 13.5 Å².